The highest BCUT2D eigenvalue weighted by Gasteiger charge is 2.27. The Balaban J connectivity index is 3.28. The molecule has 1 rings (SSSR count). The van der Waals surface area contributed by atoms with Gasteiger partial charge in [0.2, 0.25) is 0 Å². The van der Waals surface area contributed by atoms with Crippen LogP contribution < -0.4 is 16.2 Å². The van der Waals surface area contributed by atoms with Gasteiger partial charge in [0.25, 0.3) is 0 Å². The molecule has 0 bridgehead atoms. The molecule has 0 amide bonds. The molecule has 1 aromatic rings. The normalized spacial score (nSPS) is 11.5. The summed E-state index contributed by atoms with van der Waals surface area (Å²) in [5.41, 5.74) is 13.2. The minimum atomic E-state index is -0.982. The van der Waals surface area contributed by atoms with Gasteiger partial charge in [-0.3, -0.25) is 0 Å². The molecule has 0 aliphatic carbocycles. The van der Waals surface area contributed by atoms with E-state index >= 15 is 0 Å². The van der Waals surface area contributed by atoms with Crippen molar-refractivity contribution in [2.45, 2.75) is 58.4 Å². The van der Waals surface area contributed by atoms with Crippen molar-refractivity contribution < 1.29 is 14.6 Å². The highest BCUT2D eigenvalue weighted by Crippen LogP contribution is 2.34. The summed E-state index contributed by atoms with van der Waals surface area (Å²) in [7, 11) is 0. The number of rotatable bonds is 9. The van der Waals surface area contributed by atoms with E-state index in [1.54, 1.807) is 6.07 Å². The molecule has 0 radical (unpaired) electrons. The SMILES string of the molecule is CCCCOc1c(N)ccc(C(=O)O)c1CC(N)(CC)CC. The maximum Gasteiger partial charge on any atom is 0.336 e. The van der Waals surface area contributed by atoms with E-state index < -0.39 is 11.5 Å². The Morgan fingerprint density at radius 2 is 1.91 bits per heavy atom. The summed E-state index contributed by atoms with van der Waals surface area (Å²) >= 11 is 0. The summed E-state index contributed by atoms with van der Waals surface area (Å²) in [4.78, 5) is 11.5. The van der Waals surface area contributed by atoms with Crippen LogP contribution in [0.1, 0.15) is 62.4 Å². The Bertz CT molecular complexity index is 511. The second-order valence-electron chi connectivity index (χ2n) is 5.76. The lowest BCUT2D eigenvalue weighted by molar-refractivity contribution is 0.0694. The monoisotopic (exact) mass is 308 g/mol. The van der Waals surface area contributed by atoms with Gasteiger partial charge < -0.3 is 21.3 Å². The summed E-state index contributed by atoms with van der Waals surface area (Å²) in [6.07, 6.45) is 3.84. The number of carboxylic acids is 1. The molecule has 1 aromatic carbocycles. The van der Waals surface area contributed by atoms with E-state index in [1.807, 2.05) is 13.8 Å². The van der Waals surface area contributed by atoms with Crippen LogP contribution in [-0.4, -0.2) is 23.2 Å². The molecule has 0 aliphatic heterocycles. The van der Waals surface area contributed by atoms with Crippen LogP contribution in [0.4, 0.5) is 5.69 Å². The van der Waals surface area contributed by atoms with Crippen LogP contribution in [0.15, 0.2) is 12.1 Å². The van der Waals surface area contributed by atoms with Gasteiger partial charge in [-0.1, -0.05) is 27.2 Å². The van der Waals surface area contributed by atoms with Crippen LogP contribution in [-0.2, 0) is 6.42 Å². The minimum absolute atomic E-state index is 0.220. The molecule has 0 heterocycles. The number of nitrogens with two attached hydrogens (primary N) is 2. The van der Waals surface area contributed by atoms with Crippen molar-refractivity contribution in [3.63, 3.8) is 0 Å². The van der Waals surface area contributed by atoms with Crippen molar-refractivity contribution in [2.75, 3.05) is 12.3 Å². The van der Waals surface area contributed by atoms with Crippen molar-refractivity contribution >= 4 is 11.7 Å². The number of aromatic carboxylic acids is 1. The maximum absolute atomic E-state index is 11.5. The number of hydrogen-bond acceptors (Lipinski definition) is 4. The van der Waals surface area contributed by atoms with Crippen molar-refractivity contribution in [3.05, 3.63) is 23.3 Å². The Hall–Kier alpha value is -1.75. The summed E-state index contributed by atoms with van der Waals surface area (Å²) < 4.78 is 5.79. The molecule has 5 nitrogen and oxygen atoms in total. The van der Waals surface area contributed by atoms with Gasteiger partial charge in [-0.15, -0.1) is 0 Å². The van der Waals surface area contributed by atoms with Crippen molar-refractivity contribution in [2.24, 2.45) is 5.73 Å². The van der Waals surface area contributed by atoms with Gasteiger partial charge in [0, 0.05) is 11.1 Å². The molecule has 0 spiro atoms. The fourth-order valence-electron chi connectivity index (χ4n) is 2.36. The van der Waals surface area contributed by atoms with E-state index in [4.69, 9.17) is 16.2 Å². The van der Waals surface area contributed by atoms with E-state index in [-0.39, 0.29) is 5.56 Å². The van der Waals surface area contributed by atoms with Gasteiger partial charge in [-0.05, 0) is 37.8 Å². The lowest BCUT2D eigenvalue weighted by atomic mass is 9.84. The molecule has 5 N–H and O–H groups in total. The first-order chi connectivity index (χ1) is 10.4. The molecule has 0 saturated heterocycles. The molecular formula is C17H28N2O3. The fraction of sp³-hybridized carbons (Fsp3) is 0.588. The number of unbranched alkanes of at least 4 members (excludes halogenated alkanes) is 1. The molecular weight excluding hydrogens is 280 g/mol. The maximum atomic E-state index is 11.5. The zero-order valence-electron chi connectivity index (χ0n) is 13.8. The zero-order chi connectivity index (χ0) is 16.8. The molecule has 22 heavy (non-hydrogen) atoms. The Kier molecular flexibility index (Phi) is 6.68. The Morgan fingerprint density at radius 3 is 2.41 bits per heavy atom. The van der Waals surface area contributed by atoms with Crippen molar-refractivity contribution in [1.29, 1.82) is 0 Å². The van der Waals surface area contributed by atoms with Crippen molar-refractivity contribution in [1.82, 2.24) is 0 Å². The van der Waals surface area contributed by atoms with E-state index in [0.717, 1.165) is 25.7 Å². The Morgan fingerprint density at radius 1 is 1.27 bits per heavy atom. The molecule has 0 saturated carbocycles. The minimum Gasteiger partial charge on any atom is -0.491 e. The summed E-state index contributed by atoms with van der Waals surface area (Å²) in [6, 6.07) is 3.12. The third kappa shape index (κ3) is 4.37. The average molecular weight is 308 g/mol. The predicted molar refractivity (Wildman–Crippen MR) is 89.4 cm³/mol. The number of carboxylic acid groups (broad SMARTS) is 1. The lowest BCUT2D eigenvalue weighted by Gasteiger charge is -2.29. The zero-order valence-corrected chi connectivity index (χ0v) is 13.8. The molecule has 5 heteroatoms. The average Bonchev–Trinajstić information content (AvgIpc) is 2.49. The van der Waals surface area contributed by atoms with Crippen LogP contribution in [0, 0.1) is 0 Å². The number of nitrogen functional groups attached to an aromatic ring is 1. The quantitative estimate of drug-likeness (QED) is 0.480. The third-order valence-corrected chi connectivity index (χ3v) is 4.20. The first-order valence-corrected chi connectivity index (χ1v) is 7.94. The standard InChI is InChI=1S/C17H28N2O3/c1-4-7-10-22-15-13(11-17(19,5-2)6-3)12(16(20)21)8-9-14(15)18/h8-9H,4-7,10-11,18-19H2,1-3H3,(H,20,21). The van der Waals surface area contributed by atoms with E-state index in [9.17, 15) is 9.90 Å². The second kappa shape index (κ2) is 8.03. The van der Waals surface area contributed by atoms with Gasteiger partial charge in [0.15, 0.2) is 0 Å². The van der Waals surface area contributed by atoms with Crippen LogP contribution in [0.25, 0.3) is 0 Å². The smallest absolute Gasteiger partial charge is 0.336 e. The van der Waals surface area contributed by atoms with Gasteiger partial charge in [-0.25, -0.2) is 4.79 Å². The van der Waals surface area contributed by atoms with Crippen LogP contribution >= 0.6 is 0 Å². The largest absolute Gasteiger partial charge is 0.491 e. The number of benzene rings is 1. The number of carbonyl (C=O) groups is 1. The number of ether oxygens (including phenoxy) is 1. The first kappa shape index (κ1) is 18.3. The summed E-state index contributed by atoms with van der Waals surface area (Å²) in [6.45, 7) is 6.61. The van der Waals surface area contributed by atoms with E-state index in [0.29, 0.717) is 30.0 Å². The van der Waals surface area contributed by atoms with Crippen LogP contribution in [0.5, 0.6) is 5.75 Å². The molecule has 0 fully saturated rings. The van der Waals surface area contributed by atoms with E-state index in [1.165, 1.54) is 6.07 Å². The molecule has 0 atom stereocenters. The van der Waals surface area contributed by atoms with Gasteiger partial charge in [-0.2, -0.15) is 0 Å². The van der Waals surface area contributed by atoms with Crippen molar-refractivity contribution in [3.8, 4) is 5.75 Å². The fourth-order valence-corrected chi connectivity index (χ4v) is 2.36. The summed E-state index contributed by atoms with van der Waals surface area (Å²) in [5.74, 6) is -0.505. The lowest BCUT2D eigenvalue weighted by Crippen LogP contribution is -2.41. The highest BCUT2D eigenvalue weighted by molar-refractivity contribution is 5.91. The molecule has 0 aromatic heterocycles. The number of anilines is 1. The molecule has 124 valence electrons. The molecule has 0 aliphatic rings. The molecule has 0 unspecified atom stereocenters. The van der Waals surface area contributed by atoms with Gasteiger partial charge in [0.1, 0.15) is 5.75 Å². The number of hydrogen-bond donors (Lipinski definition) is 3. The third-order valence-electron chi connectivity index (χ3n) is 4.20. The van der Waals surface area contributed by atoms with E-state index in [2.05, 4.69) is 6.92 Å². The highest BCUT2D eigenvalue weighted by atomic mass is 16.5. The van der Waals surface area contributed by atoms with Crippen LogP contribution in [0.2, 0.25) is 0 Å². The van der Waals surface area contributed by atoms with Crippen LogP contribution in [0.3, 0.4) is 0 Å². The predicted octanol–water partition coefficient (Wildman–Crippen LogP) is 3.21. The second-order valence-corrected chi connectivity index (χ2v) is 5.76. The van der Waals surface area contributed by atoms with Gasteiger partial charge in [0.05, 0.1) is 17.9 Å². The first-order valence-electron chi connectivity index (χ1n) is 7.94. The Labute approximate surface area is 132 Å². The van der Waals surface area contributed by atoms with Gasteiger partial charge >= 0.3 is 5.97 Å². The topological polar surface area (TPSA) is 98.6 Å². The summed E-state index contributed by atoms with van der Waals surface area (Å²) in [5, 5.41) is 9.46.